The molecular formula is C23H28N6O2. The van der Waals surface area contributed by atoms with E-state index in [0.29, 0.717) is 12.1 Å². The fourth-order valence-corrected chi connectivity index (χ4v) is 3.82. The van der Waals surface area contributed by atoms with Crippen LogP contribution in [0.15, 0.2) is 53.6 Å². The van der Waals surface area contributed by atoms with Gasteiger partial charge in [0.25, 0.3) is 5.91 Å². The molecule has 0 atom stereocenters. The highest BCUT2D eigenvalue weighted by atomic mass is 16.2. The van der Waals surface area contributed by atoms with E-state index in [0.717, 1.165) is 55.5 Å². The molecule has 1 amide bonds. The molecule has 8 heteroatoms. The molecule has 8 nitrogen and oxygen atoms in total. The van der Waals surface area contributed by atoms with Crippen molar-refractivity contribution in [1.29, 1.82) is 0 Å². The highest BCUT2D eigenvalue weighted by Gasteiger charge is 2.16. The predicted octanol–water partition coefficient (Wildman–Crippen LogP) is 1.94. The Balaban J connectivity index is 1.33. The van der Waals surface area contributed by atoms with E-state index < -0.39 is 0 Å². The molecule has 0 bridgehead atoms. The Kier molecular flexibility index (Phi) is 6.18. The van der Waals surface area contributed by atoms with Crippen molar-refractivity contribution in [3.05, 3.63) is 76.1 Å². The number of amides is 1. The summed E-state index contributed by atoms with van der Waals surface area (Å²) in [7, 11) is 0. The van der Waals surface area contributed by atoms with Gasteiger partial charge < -0.3 is 20.1 Å². The lowest BCUT2D eigenvalue weighted by Gasteiger charge is -2.34. The summed E-state index contributed by atoms with van der Waals surface area (Å²) in [5.41, 5.74) is 2.84. The molecule has 2 N–H and O–H groups in total. The number of imidazole rings is 1. The van der Waals surface area contributed by atoms with Crippen molar-refractivity contribution >= 4 is 11.7 Å². The zero-order valence-electron chi connectivity index (χ0n) is 18.0. The van der Waals surface area contributed by atoms with Gasteiger partial charge in [0, 0.05) is 56.4 Å². The zero-order chi connectivity index (χ0) is 21.8. The van der Waals surface area contributed by atoms with Crippen LogP contribution in [0.2, 0.25) is 0 Å². The average Bonchev–Trinajstić information content (AvgIpc) is 3.16. The van der Waals surface area contributed by atoms with Crippen molar-refractivity contribution in [3.63, 3.8) is 0 Å². The number of nitrogens with one attached hydrogen (secondary N) is 2. The van der Waals surface area contributed by atoms with Gasteiger partial charge in [-0.3, -0.25) is 9.36 Å². The number of rotatable bonds is 6. The van der Waals surface area contributed by atoms with Gasteiger partial charge in [-0.25, -0.2) is 9.78 Å². The Hall–Kier alpha value is -3.39. The number of anilines is 1. The van der Waals surface area contributed by atoms with Gasteiger partial charge in [0.2, 0.25) is 0 Å². The molecule has 0 unspecified atom stereocenters. The fraction of sp³-hybridized carbons (Fsp3) is 0.348. The first-order chi connectivity index (χ1) is 15.0. The van der Waals surface area contributed by atoms with Gasteiger partial charge in [0.15, 0.2) is 0 Å². The van der Waals surface area contributed by atoms with E-state index in [2.05, 4.69) is 32.0 Å². The number of aryl methyl sites for hydroxylation is 1. The third kappa shape index (κ3) is 4.69. The molecule has 31 heavy (non-hydrogen) atoms. The van der Waals surface area contributed by atoms with E-state index in [1.165, 1.54) is 0 Å². The summed E-state index contributed by atoms with van der Waals surface area (Å²) in [4.78, 5) is 36.4. The van der Waals surface area contributed by atoms with E-state index in [-0.39, 0.29) is 11.6 Å². The average molecular weight is 421 g/mol. The number of carbonyl (C=O) groups excluding carboxylic acids is 1. The summed E-state index contributed by atoms with van der Waals surface area (Å²) in [6, 6.07) is 11.0. The smallest absolute Gasteiger partial charge is 0.330 e. The predicted molar refractivity (Wildman–Crippen MR) is 121 cm³/mol. The maximum atomic E-state index is 12.5. The number of likely N-dealkylation sites (N-methyl/N-ethyl adjacent to an activating group) is 1. The van der Waals surface area contributed by atoms with E-state index in [4.69, 9.17) is 0 Å². The Morgan fingerprint density at radius 2 is 1.84 bits per heavy atom. The van der Waals surface area contributed by atoms with Crippen LogP contribution >= 0.6 is 0 Å². The second-order valence-electron chi connectivity index (χ2n) is 7.75. The molecule has 162 valence electrons. The zero-order valence-corrected chi connectivity index (χ0v) is 18.0. The van der Waals surface area contributed by atoms with Crippen LogP contribution in [-0.4, -0.2) is 58.1 Å². The molecule has 1 aromatic carbocycles. The third-order valence-corrected chi connectivity index (χ3v) is 5.75. The normalized spacial score (nSPS) is 14.6. The van der Waals surface area contributed by atoms with Crippen molar-refractivity contribution in [3.8, 4) is 5.69 Å². The van der Waals surface area contributed by atoms with Gasteiger partial charge in [0.05, 0.1) is 5.69 Å². The number of hydrogen-bond acceptors (Lipinski definition) is 5. The summed E-state index contributed by atoms with van der Waals surface area (Å²) < 4.78 is 1.57. The number of aromatic amines is 1. The number of piperazine rings is 1. The molecule has 1 saturated heterocycles. The van der Waals surface area contributed by atoms with E-state index in [1.807, 2.05) is 25.3 Å². The number of benzene rings is 1. The van der Waals surface area contributed by atoms with Gasteiger partial charge in [0.1, 0.15) is 5.82 Å². The van der Waals surface area contributed by atoms with E-state index >= 15 is 0 Å². The summed E-state index contributed by atoms with van der Waals surface area (Å²) in [5, 5.41) is 2.93. The van der Waals surface area contributed by atoms with Crippen LogP contribution in [0.1, 0.15) is 28.5 Å². The van der Waals surface area contributed by atoms with Crippen molar-refractivity contribution in [2.24, 2.45) is 0 Å². The van der Waals surface area contributed by atoms with Crippen LogP contribution in [0.5, 0.6) is 0 Å². The minimum absolute atomic E-state index is 0.163. The van der Waals surface area contributed by atoms with Crippen molar-refractivity contribution < 1.29 is 4.79 Å². The maximum Gasteiger partial charge on any atom is 0.330 e. The van der Waals surface area contributed by atoms with Crippen LogP contribution in [0, 0.1) is 6.92 Å². The Morgan fingerprint density at radius 1 is 1.10 bits per heavy atom. The second-order valence-corrected chi connectivity index (χ2v) is 7.75. The second kappa shape index (κ2) is 9.18. The Morgan fingerprint density at radius 3 is 2.42 bits per heavy atom. The molecule has 4 rings (SSSR count). The molecule has 0 spiro atoms. The number of nitrogens with zero attached hydrogens (tertiary/aromatic N) is 4. The summed E-state index contributed by atoms with van der Waals surface area (Å²) in [6.45, 7) is 9.64. The quantitative estimate of drug-likeness (QED) is 0.637. The first-order valence-corrected chi connectivity index (χ1v) is 10.6. The van der Waals surface area contributed by atoms with Crippen molar-refractivity contribution in [2.75, 3.05) is 37.6 Å². The summed E-state index contributed by atoms with van der Waals surface area (Å²) in [5.74, 6) is 0.821. The van der Waals surface area contributed by atoms with Crippen molar-refractivity contribution in [1.82, 2.24) is 24.8 Å². The third-order valence-electron chi connectivity index (χ3n) is 5.75. The number of aromatic nitrogens is 3. The standard InChI is InChI=1S/C23H28N6O2/c1-3-27-10-12-28(13-11-27)21-9-4-18(15-24-21)16-25-22(30)19-5-7-20(8-6-19)29-17(2)14-26-23(29)31/h4-9,14-15H,3,10-13,16H2,1-2H3,(H,25,30)(H,26,31). The summed E-state index contributed by atoms with van der Waals surface area (Å²) in [6.07, 6.45) is 3.49. The number of pyridine rings is 1. The number of hydrogen-bond donors (Lipinski definition) is 2. The maximum absolute atomic E-state index is 12.5. The molecule has 0 saturated carbocycles. The van der Waals surface area contributed by atoms with Crippen LogP contribution in [0.3, 0.4) is 0 Å². The molecule has 1 aliphatic rings. The van der Waals surface area contributed by atoms with E-state index in [9.17, 15) is 9.59 Å². The molecule has 0 aliphatic carbocycles. The lowest BCUT2D eigenvalue weighted by Crippen LogP contribution is -2.46. The van der Waals surface area contributed by atoms with Gasteiger partial charge in [-0.05, 0) is 49.4 Å². The lowest BCUT2D eigenvalue weighted by atomic mass is 10.2. The SMILES string of the molecule is CCN1CCN(c2ccc(CNC(=O)c3ccc(-n4c(C)c[nH]c4=O)cc3)cn2)CC1. The van der Waals surface area contributed by atoms with E-state index in [1.54, 1.807) is 35.0 Å². The Labute approximate surface area is 181 Å². The first kappa shape index (κ1) is 20.9. The van der Waals surface area contributed by atoms with Crippen LogP contribution in [-0.2, 0) is 6.54 Å². The van der Waals surface area contributed by atoms with Gasteiger partial charge in [-0.15, -0.1) is 0 Å². The summed E-state index contributed by atoms with van der Waals surface area (Å²) >= 11 is 0. The molecule has 0 radical (unpaired) electrons. The number of carbonyl (C=O) groups is 1. The monoisotopic (exact) mass is 420 g/mol. The van der Waals surface area contributed by atoms with Gasteiger partial charge >= 0.3 is 5.69 Å². The Bertz CT molecular complexity index is 1080. The van der Waals surface area contributed by atoms with Gasteiger partial charge in [-0.1, -0.05) is 13.0 Å². The molecular weight excluding hydrogens is 392 g/mol. The van der Waals surface area contributed by atoms with Crippen LogP contribution < -0.4 is 15.9 Å². The van der Waals surface area contributed by atoms with Crippen LogP contribution in [0.4, 0.5) is 5.82 Å². The molecule has 3 aromatic rings. The molecule has 1 aliphatic heterocycles. The highest BCUT2D eigenvalue weighted by molar-refractivity contribution is 5.94. The minimum atomic E-state index is -0.196. The lowest BCUT2D eigenvalue weighted by molar-refractivity contribution is 0.0951. The van der Waals surface area contributed by atoms with Gasteiger partial charge in [-0.2, -0.15) is 0 Å². The molecule has 2 aromatic heterocycles. The molecule has 1 fully saturated rings. The minimum Gasteiger partial charge on any atom is -0.354 e. The highest BCUT2D eigenvalue weighted by Crippen LogP contribution is 2.14. The first-order valence-electron chi connectivity index (χ1n) is 10.6. The fourth-order valence-electron chi connectivity index (χ4n) is 3.82. The largest absolute Gasteiger partial charge is 0.354 e. The van der Waals surface area contributed by atoms with Crippen LogP contribution in [0.25, 0.3) is 5.69 Å². The van der Waals surface area contributed by atoms with Crippen molar-refractivity contribution in [2.45, 2.75) is 20.4 Å². The molecule has 3 heterocycles. The number of H-pyrrole nitrogens is 1. The topological polar surface area (TPSA) is 86.3 Å².